The number of halogens is 6. The van der Waals surface area contributed by atoms with E-state index in [4.69, 9.17) is 39.2 Å². The first-order chi connectivity index (χ1) is 18.5. The Kier molecular flexibility index (Phi) is 7.07. The van der Waals surface area contributed by atoms with Crippen LogP contribution < -0.4 is 5.32 Å². The number of amides is 1. The number of anilines is 1. The number of aromatic nitrogens is 2. The standard InChI is InChI=1S/C27H13Cl3F3N3O3/c28-15-5-3-13(4-6-15)18-11-19-22(36-26(38)27(31,32)33)24(23(37)14-2-1-9-34-12-14)39-25(19)35-21(18)17-8-7-16(29)10-20(17)30/h1-12H,(H,36,38). The van der Waals surface area contributed by atoms with Crippen LogP contribution in [0.25, 0.3) is 33.5 Å². The summed E-state index contributed by atoms with van der Waals surface area (Å²) >= 11 is 18.6. The molecule has 0 saturated heterocycles. The number of rotatable bonds is 5. The highest BCUT2D eigenvalue weighted by molar-refractivity contribution is 6.36. The zero-order valence-corrected chi connectivity index (χ0v) is 21.6. The average Bonchev–Trinajstić information content (AvgIpc) is 3.25. The summed E-state index contributed by atoms with van der Waals surface area (Å²) in [6.07, 6.45) is -2.60. The highest BCUT2D eigenvalue weighted by Gasteiger charge is 2.40. The van der Waals surface area contributed by atoms with Gasteiger partial charge in [-0.15, -0.1) is 0 Å². The Bertz CT molecular complexity index is 1740. The third-order valence-electron chi connectivity index (χ3n) is 5.65. The fraction of sp³-hybridized carbons (Fsp3) is 0.0370. The quantitative estimate of drug-likeness (QED) is 0.208. The third-order valence-corrected chi connectivity index (χ3v) is 6.45. The van der Waals surface area contributed by atoms with Crippen LogP contribution in [0.4, 0.5) is 18.9 Å². The molecule has 0 fully saturated rings. The maximum Gasteiger partial charge on any atom is 0.471 e. The van der Waals surface area contributed by atoms with Gasteiger partial charge in [0.05, 0.1) is 16.1 Å². The molecule has 12 heteroatoms. The molecule has 5 rings (SSSR count). The number of carbonyl (C=O) groups excluding carboxylic acids is 2. The lowest BCUT2D eigenvalue weighted by atomic mass is 9.98. The van der Waals surface area contributed by atoms with Gasteiger partial charge in [0.15, 0.2) is 0 Å². The Morgan fingerprint density at radius 1 is 0.897 bits per heavy atom. The number of ketones is 1. The van der Waals surface area contributed by atoms with Crippen molar-refractivity contribution in [1.82, 2.24) is 9.97 Å². The van der Waals surface area contributed by atoms with Crippen LogP contribution in [0.2, 0.25) is 15.1 Å². The number of nitrogens with zero attached hydrogens (tertiary/aromatic N) is 2. The summed E-state index contributed by atoms with van der Waals surface area (Å²) < 4.78 is 45.5. The average molecular weight is 591 g/mol. The number of fused-ring (bicyclic) bond motifs is 1. The minimum absolute atomic E-state index is 0.0259. The lowest BCUT2D eigenvalue weighted by Crippen LogP contribution is -2.30. The van der Waals surface area contributed by atoms with E-state index < -0.39 is 29.3 Å². The molecule has 3 heterocycles. The molecule has 0 bridgehead atoms. The molecule has 0 saturated carbocycles. The Balaban J connectivity index is 1.81. The molecule has 2 aromatic carbocycles. The normalized spacial score (nSPS) is 11.5. The molecule has 39 heavy (non-hydrogen) atoms. The molecule has 0 radical (unpaired) electrons. The van der Waals surface area contributed by atoms with Gasteiger partial charge in [-0.2, -0.15) is 13.2 Å². The summed E-state index contributed by atoms with van der Waals surface area (Å²) in [6, 6.07) is 15.6. The largest absolute Gasteiger partial charge is 0.471 e. The van der Waals surface area contributed by atoms with Crippen molar-refractivity contribution < 1.29 is 27.2 Å². The summed E-state index contributed by atoms with van der Waals surface area (Å²) in [5, 5.41) is 2.81. The van der Waals surface area contributed by atoms with E-state index in [2.05, 4.69) is 9.97 Å². The van der Waals surface area contributed by atoms with E-state index in [1.165, 1.54) is 36.7 Å². The number of pyridine rings is 2. The maximum absolute atomic E-state index is 13.3. The van der Waals surface area contributed by atoms with Crippen LogP contribution in [0.15, 0.2) is 77.5 Å². The van der Waals surface area contributed by atoms with Crippen molar-refractivity contribution in [1.29, 1.82) is 0 Å². The van der Waals surface area contributed by atoms with E-state index in [9.17, 15) is 22.8 Å². The van der Waals surface area contributed by atoms with Gasteiger partial charge >= 0.3 is 12.1 Å². The monoisotopic (exact) mass is 589 g/mol. The summed E-state index contributed by atoms with van der Waals surface area (Å²) in [6.45, 7) is 0. The summed E-state index contributed by atoms with van der Waals surface area (Å²) in [5.41, 5.74) is 1.03. The SMILES string of the molecule is O=C(c1cccnc1)c1oc2nc(-c3ccc(Cl)cc3Cl)c(-c3ccc(Cl)cc3)cc2c1NC(=O)C(F)(F)F. The van der Waals surface area contributed by atoms with Crippen LogP contribution in [0.3, 0.4) is 0 Å². The summed E-state index contributed by atoms with van der Waals surface area (Å²) in [7, 11) is 0. The molecule has 5 aromatic rings. The van der Waals surface area contributed by atoms with Crippen LogP contribution in [0.5, 0.6) is 0 Å². The molecule has 0 unspecified atom stereocenters. The van der Waals surface area contributed by atoms with E-state index in [1.807, 2.05) is 0 Å². The van der Waals surface area contributed by atoms with Crippen molar-refractivity contribution in [3.05, 3.63) is 99.4 Å². The van der Waals surface area contributed by atoms with E-state index >= 15 is 0 Å². The fourth-order valence-electron chi connectivity index (χ4n) is 3.86. The van der Waals surface area contributed by atoms with Crippen molar-refractivity contribution in [2.45, 2.75) is 6.18 Å². The number of carbonyl (C=O) groups is 2. The number of hydrogen-bond donors (Lipinski definition) is 1. The van der Waals surface area contributed by atoms with Gasteiger partial charge in [0.1, 0.15) is 5.69 Å². The summed E-state index contributed by atoms with van der Waals surface area (Å²) in [4.78, 5) is 33.6. The topological polar surface area (TPSA) is 85.1 Å². The zero-order valence-electron chi connectivity index (χ0n) is 19.3. The second-order valence-corrected chi connectivity index (χ2v) is 9.48. The van der Waals surface area contributed by atoms with Crippen molar-refractivity contribution in [3.63, 3.8) is 0 Å². The minimum atomic E-state index is -5.23. The molecule has 1 N–H and O–H groups in total. The zero-order chi connectivity index (χ0) is 27.9. The van der Waals surface area contributed by atoms with Crippen molar-refractivity contribution in [3.8, 4) is 22.4 Å². The van der Waals surface area contributed by atoms with E-state index in [0.717, 1.165) is 0 Å². The molecule has 0 aliphatic rings. The number of benzene rings is 2. The molecule has 0 atom stereocenters. The second-order valence-electron chi connectivity index (χ2n) is 8.20. The van der Waals surface area contributed by atoms with Gasteiger partial charge in [-0.1, -0.05) is 46.9 Å². The fourth-order valence-corrected chi connectivity index (χ4v) is 4.48. The van der Waals surface area contributed by atoms with Gasteiger partial charge in [-0.05, 0) is 54.1 Å². The van der Waals surface area contributed by atoms with Crippen LogP contribution in [0.1, 0.15) is 16.1 Å². The van der Waals surface area contributed by atoms with Crippen LogP contribution >= 0.6 is 34.8 Å². The van der Waals surface area contributed by atoms with Crippen LogP contribution in [-0.4, -0.2) is 27.8 Å². The van der Waals surface area contributed by atoms with E-state index in [-0.39, 0.29) is 27.4 Å². The van der Waals surface area contributed by atoms with Crippen molar-refractivity contribution >= 4 is 63.3 Å². The highest BCUT2D eigenvalue weighted by Crippen LogP contribution is 2.42. The molecule has 6 nitrogen and oxygen atoms in total. The lowest BCUT2D eigenvalue weighted by molar-refractivity contribution is -0.167. The number of nitrogens with one attached hydrogen (secondary N) is 1. The first-order valence-electron chi connectivity index (χ1n) is 11.0. The first kappa shape index (κ1) is 26.7. The van der Waals surface area contributed by atoms with Crippen molar-refractivity contribution in [2.75, 3.05) is 5.32 Å². The van der Waals surface area contributed by atoms with Gasteiger partial charge < -0.3 is 9.73 Å². The molecular weight excluding hydrogens is 578 g/mol. The number of hydrogen-bond acceptors (Lipinski definition) is 5. The molecule has 0 aliphatic carbocycles. The van der Waals surface area contributed by atoms with Crippen LogP contribution in [-0.2, 0) is 4.79 Å². The number of furan rings is 1. The van der Waals surface area contributed by atoms with Crippen molar-refractivity contribution in [2.24, 2.45) is 0 Å². The lowest BCUT2D eigenvalue weighted by Gasteiger charge is -2.12. The summed E-state index contributed by atoms with van der Waals surface area (Å²) in [5.74, 6) is -3.65. The maximum atomic E-state index is 13.3. The van der Waals surface area contributed by atoms with E-state index in [1.54, 1.807) is 41.7 Å². The molecule has 3 aromatic heterocycles. The Morgan fingerprint density at radius 3 is 2.26 bits per heavy atom. The van der Waals surface area contributed by atoms with Gasteiger partial charge in [-0.3, -0.25) is 14.6 Å². The second kappa shape index (κ2) is 10.3. The van der Waals surface area contributed by atoms with Crippen LogP contribution in [0, 0.1) is 0 Å². The first-order valence-corrected chi connectivity index (χ1v) is 12.2. The molecule has 1 amide bonds. The third kappa shape index (κ3) is 5.34. The Morgan fingerprint density at radius 2 is 1.62 bits per heavy atom. The Hall–Kier alpha value is -3.92. The molecular formula is C27H13Cl3F3N3O3. The molecule has 196 valence electrons. The molecule has 0 aliphatic heterocycles. The smallest absolute Gasteiger partial charge is 0.432 e. The van der Waals surface area contributed by atoms with Gasteiger partial charge in [0.25, 0.3) is 0 Å². The van der Waals surface area contributed by atoms with E-state index in [0.29, 0.717) is 26.7 Å². The highest BCUT2D eigenvalue weighted by atomic mass is 35.5. The van der Waals surface area contributed by atoms with Gasteiger partial charge in [0, 0.05) is 39.1 Å². The number of alkyl halides is 3. The molecule has 0 spiro atoms. The predicted molar refractivity (Wildman–Crippen MR) is 142 cm³/mol. The Labute approximate surface area is 233 Å². The van der Waals surface area contributed by atoms with Gasteiger partial charge in [0.2, 0.25) is 17.3 Å². The minimum Gasteiger partial charge on any atom is -0.432 e. The predicted octanol–water partition coefficient (Wildman–Crippen LogP) is 8.25. The van der Waals surface area contributed by atoms with Gasteiger partial charge in [-0.25, -0.2) is 4.98 Å².